The Bertz CT molecular complexity index is 551. The highest BCUT2D eigenvalue weighted by atomic mass is 79.9. The number of halogens is 2. The summed E-state index contributed by atoms with van der Waals surface area (Å²) in [7, 11) is 1.65. The van der Waals surface area contributed by atoms with E-state index >= 15 is 0 Å². The van der Waals surface area contributed by atoms with E-state index in [1.807, 2.05) is 18.2 Å². The predicted molar refractivity (Wildman–Crippen MR) is 84.2 cm³/mol. The molecule has 0 bridgehead atoms. The third-order valence-corrected chi connectivity index (χ3v) is 4.27. The smallest absolute Gasteiger partial charge is 0.133 e. The van der Waals surface area contributed by atoms with E-state index < -0.39 is 0 Å². The first-order valence-corrected chi connectivity index (χ1v) is 7.45. The Hall–Kier alpha value is -0.990. The lowest BCUT2D eigenvalue weighted by Crippen LogP contribution is -1.95. The molecule has 0 amide bonds. The van der Waals surface area contributed by atoms with Crippen LogP contribution in [0, 0.1) is 0 Å². The first-order chi connectivity index (χ1) is 9.15. The lowest BCUT2D eigenvalue weighted by molar-refractivity contribution is 0.412. The van der Waals surface area contributed by atoms with Crippen molar-refractivity contribution < 1.29 is 4.74 Å². The molecule has 3 heteroatoms. The normalized spacial score (nSPS) is 12.2. The second kappa shape index (κ2) is 6.44. The highest BCUT2D eigenvalue weighted by Gasteiger charge is 2.12. The molecule has 2 aromatic carbocycles. The molecule has 2 aromatic rings. The van der Waals surface area contributed by atoms with E-state index in [9.17, 15) is 0 Å². The van der Waals surface area contributed by atoms with Gasteiger partial charge in [0.15, 0.2) is 0 Å². The summed E-state index contributed by atoms with van der Waals surface area (Å²) in [5, 5.41) is -0.145. The van der Waals surface area contributed by atoms with E-state index in [2.05, 4.69) is 47.1 Å². The number of methoxy groups -OCH3 is 1. The van der Waals surface area contributed by atoms with Crippen molar-refractivity contribution in [2.75, 3.05) is 7.11 Å². The molecule has 0 saturated carbocycles. The van der Waals surface area contributed by atoms with Crippen LogP contribution in [-0.2, 0) is 6.42 Å². The summed E-state index contributed by atoms with van der Waals surface area (Å²) in [5.41, 5.74) is 3.48. The zero-order valence-electron chi connectivity index (χ0n) is 11.0. The highest BCUT2D eigenvalue weighted by molar-refractivity contribution is 9.10. The van der Waals surface area contributed by atoms with Gasteiger partial charge in [-0.3, -0.25) is 0 Å². The summed E-state index contributed by atoms with van der Waals surface area (Å²) in [4.78, 5) is 0. The van der Waals surface area contributed by atoms with Crippen LogP contribution in [0.4, 0.5) is 0 Å². The van der Waals surface area contributed by atoms with Crippen LogP contribution in [0.15, 0.2) is 46.9 Å². The van der Waals surface area contributed by atoms with Crippen LogP contribution >= 0.6 is 27.5 Å². The molecule has 19 heavy (non-hydrogen) atoms. The standard InChI is InChI=1S/C16H16BrClO/c1-3-11-4-6-12(7-5-11)16(18)13-8-9-15(19-2)14(17)10-13/h4-10,16H,3H2,1-2H3. The Labute approximate surface area is 127 Å². The van der Waals surface area contributed by atoms with Crippen molar-refractivity contribution in [2.24, 2.45) is 0 Å². The Balaban J connectivity index is 2.27. The molecule has 0 heterocycles. The first-order valence-electron chi connectivity index (χ1n) is 6.22. The molecule has 100 valence electrons. The quantitative estimate of drug-likeness (QED) is 0.682. The second-order valence-electron chi connectivity index (χ2n) is 4.35. The van der Waals surface area contributed by atoms with Gasteiger partial charge in [0.05, 0.1) is 17.0 Å². The van der Waals surface area contributed by atoms with E-state index in [1.165, 1.54) is 5.56 Å². The summed E-state index contributed by atoms with van der Waals surface area (Å²) in [6.07, 6.45) is 1.04. The van der Waals surface area contributed by atoms with Crippen LogP contribution < -0.4 is 4.74 Å². The Morgan fingerprint density at radius 3 is 2.26 bits per heavy atom. The van der Waals surface area contributed by atoms with Crippen LogP contribution in [0.5, 0.6) is 5.75 Å². The molecular weight excluding hydrogens is 324 g/mol. The summed E-state index contributed by atoms with van der Waals surface area (Å²) in [5.74, 6) is 0.814. The molecule has 1 nitrogen and oxygen atoms in total. The number of hydrogen-bond acceptors (Lipinski definition) is 1. The van der Waals surface area contributed by atoms with E-state index in [0.29, 0.717) is 0 Å². The zero-order valence-corrected chi connectivity index (χ0v) is 13.3. The van der Waals surface area contributed by atoms with Gasteiger partial charge < -0.3 is 4.74 Å². The fourth-order valence-electron chi connectivity index (χ4n) is 1.96. The third-order valence-electron chi connectivity index (χ3n) is 3.15. The Kier molecular flexibility index (Phi) is 4.89. The Morgan fingerprint density at radius 2 is 1.74 bits per heavy atom. The number of alkyl halides is 1. The maximum Gasteiger partial charge on any atom is 0.133 e. The van der Waals surface area contributed by atoms with Crippen molar-refractivity contribution in [2.45, 2.75) is 18.7 Å². The predicted octanol–water partition coefficient (Wildman–Crippen LogP) is 5.35. The van der Waals surface area contributed by atoms with Crippen molar-refractivity contribution in [1.82, 2.24) is 0 Å². The van der Waals surface area contributed by atoms with E-state index in [-0.39, 0.29) is 5.38 Å². The van der Waals surface area contributed by atoms with E-state index in [1.54, 1.807) is 7.11 Å². The van der Waals surface area contributed by atoms with Crippen molar-refractivity contribution in [1.29, 1.82) is 0 Å². The monoisotopic (exact) mass is 338 g/mol. The minimum Gasteiger partial charge on any atom is -0.496 e. The van der Waals surface area contributed by atoms with Gasteiger partial charge in [0.2, 0.25) is 0 Å². The van der Waals surface area contributed by atoms with Gasteiger partial charge in [-0.15, -0.1) is 11.6 Å². The molecule has 1 atom stereocenters. The van der Waals surface area contributed by atoms with Crippen molar-refractivity contribution in [3.8, 4) is 5.75 Å². The number of ether oxygens (including phenoxy) is 1. The second-order valence-corrected chi connectivity index (χ2v) is 5.64. The molecule has 0 aliphatic carbocycles. The van der Waals surface area contributed by atoms with Crippen LogP contribution in [0.3, 0.4) is 0 Å². The molecule has 0 radical (unpaired) electrons. The Morgan fingerprint density at radius 1 is 1.11 bits per heavy atom. The number of benzene rings is 2. The van der Waals surface area contributed by atoms with Gasteiger partial charge >= 0.3 is 0 Å². The summed E-state index contributed by atoms with van der Waals surface area (Å²) < 4.78 is 6.15. The highest BCUT2D eigenvalue weighted by Crippen LogP contribution is 2.34. The van der Waals surface area contributed by atoms with Gasteiger partial charge in [-0.1, -0.05) is 37.3 Å². The molecule has 0 saturated heterocycles. The zero-order chi connectivity index (χ0) is 13.8. The van der Waals surface area contributed by atoms with Gasteiger partial charge in [-0.2, -0.15) is 0 Å². The molecule has 0 aliphatic rings. The lowest BCUT2D eigenvalue weighted by atomic mass is 10.0. The first kappa shape index (κ1) is 14.4. The van der Waals surface area contributed by atoms with Crippen LogP contribution in [0.1, 0.15) is 29.0 Å². The molecule has 0 fully saturated rings. The minimum absolute atomic E-state index is 0.145. The summed E-state index contributed by atoms with van der Waals surface area (Å²) in [6.45, 7) is 2.15. The van der Waals surface area contributed by atoms with Gasteiger partial charge in [0.1, 0.15) is 5.75 Å². The van der Waals surface area contributed by atoms with Crippen LogP contribution in [-0.4, -0.2) is 7.11 Å². The van der Waals surface area contributed by atoms with Gasteiger partial charge in [0.25, 0.3) is 0 Å². The molecule has 0 aliphatic heterocycles. The number of rotatable bonds is 4. The number of hydrogen-bond donors (Lipinski definition) is 0. The van der Waals surface area contributed by atoms with Crippen LogP contribution in [0.2, 0.25) is 0 Å². The fourth-order valence-corrected chi connectivity index (χ4v) is 2.79. The van der Waals surface area contributed by atoms with Crippen LogP contribution in [0.25, 0.3) is 0 Å². The van der Waals surface area contributed by atoms with Gasteiger partial charge in [-0.25, -0.2) is 0 Å². The maximum atomic E-state index is 6.53. The summed E-state index contributed by atoms with van der Waals surface area (Å²) in [6, 6.07) is 14.4. The van der Waals surface area contributed by atoms with Gasteiger partial charge in [0, 0.05) is 0 Å². The summed E-state index contributed by atoms with van der Waals surface area (Å²) >= 11 is 10.0. The number of aryl methyl sites for hydroxylation is 1. The molecular formula is C16H16BrClO. The molecule has 0 spiro atoms. The SMILES string of the molecule is CCc1ccc(C(Cl)c2ccc(OC)c(Br)c2)cc1. The van der Waals surface area contributed by atoms with E-state index in [0.717, 1.165) is 27.8 Å². The molecule has 0 N–H and O–H groups in total. The topological polar surface area (TPSA) is 9.23 Å². The van der Waals surface area contributed by atoms with E-state index in [4.69, 9.17) is 16.3 Å². The molecule has 0 aromatic heterocycles. The largest absolute Gasteiger partial charge is 0.496 e. The fraction of sp³-hybridized carbons (Fsp3) is 0.250. The average molecular weight is 340 g/mol. The maximum absolute atomic E-state index is 6.53. The van der Waals surface area contributed by atoms with Crippen molar-refractivity contribution in [3.05, 3.63) is 63.6 Å². The third kappa shape index (κ3) is 3.31. The lowest BCUT2D eigenvalue weighted by Gasteiger charge is -2.13. The molecule has 1 unspecified atom stereocenters. The average Bonchev–Trinajstić information content (AvgIpc) is 2.46. The minimum atomic E-state index is -0.145. The van der Waals surface area contributed by atoms with Gasteiger partial charge in [-0.05, 0) is 51.2 Å². The van der Waals surface area contributed by atoms with Crippen molar-refractivity contribution in [3.63, 3.8) is 0 Å². The molecule has 2 rings (SSSR count). The van der Waals surface area contributed by atoms with Crippen molar-refractivity contribution >= 4 is 27.5 Å².